The average molecular weight is 307 g/mol. The van der Waals surface area contributed by atoms with Gasteiger partial charge in [0.15, 0.2) is 0 Å². The molecule has 0 saturated carbocycles. The van der Waals surface area contributed by atoms with Gasteiger partial charge < -0.3 is 9.64 Å². The number of carbonyl (C=O) groups excluding carboxylic acids is 1. The Morgan fingerprint density at radius 2 is 1.91 bits per heavy atom. The number of piperidine rings is 1. The van der Waals surface area contributed by atoms with Crippen LogP contribution in [-0.4, -0.2) is 39.5 Å². The van der Waals surface area contributed by atoms with Gasteiger partial charge in [0.05, 0.1) is 11.7 Å². The average Bonchev–Trinajstić information content (AvgIpc) is 2.79. The summed E-state index contributed by atoms with van der Waals surface area (Å²) in [5, 5.41) is 4.67. The Balaban J connectivity index is 1.95. The molecule has 0 N–H and O–H groups in total. The summed E-state index contributed by atoms with van der Waals surface area (Å²) < 4.78 is 7.53. The lowest BCUT2D eigenvalue weighted by molar-refractivity contribution is 0.0184. The molecule has 1 aliphatic rings. The molecule has 2 heterocycles. The number of aryl methyl sites for hydroxylation is 1. The third-order valence-electron chi connectivity index (χ3n) is 4.07. The lowest BCUT2D eigenvalue weighted by atomic mass is 10.0. The molecule has 0 unspecified atom stereocenters. The number of hydrogen-bond acceptors (Lipinski definition) is 3. The van der Waals surface area contributed by atoms with E-state index in [1.165, 1.54) is 5.56 Å². The molecule has 1 aliphatic heterocycles. The molecule has 0 aliphatic carbocycles. The molecule has 1 saturated heterocycles. The van der Waals surface area contributed by atoms with E-state index in [0.717, 1.165) is 31.6 Å². The molecular weight excluding hydrogens is 278 g/mol. The van der Waals surface area contributed by atoms with Gasteiger partial charge in [-0.2, -0.15) is 5.10 Å². The normalized spacial score (nSPS) is 17.1. The van der Waals surface area contributed by atoms with E-state index < -0.39 is 5.60 Å². The summed E-state index contributed by atoms with van der Waals surface area (Å²) in [6.07, 6.45) is 3.83. The van der Waals surface area contributed by atoms with Gasteiger partial charge in [-0.15, -0.1) is 0 Å². The lowest BCUT2D eigenvalue weighted by Gasteiger charge is -2.33. The van der Waals surface area contributed by atoms with E-state index in [1.54, 1.807) is 0 Å². The highest BCUT2D eigenvalue weighted by Crippen LogP contribution is 2.26. The zero-order valence-corrected chi connectivity index (χ0v) is 14.7. The van der Waals surface area contributed by atoms with Crippen LogP contribution in [0.2, 0.25) is 0 Å². The fourth-order valence-electron chi connectivity index (χ4n) is 2.89. The van der Waals surface area contributed by atoms with Gasteiger partial charge in [-0.05, 0) is 52.0 Å². The first kappa shape index (κ1) is 16.8. The fourth-order valence-corrected chi connectivity index (χ4v) is 2.89. The Bertz CT molecular complexity index is 520. The predicted octanol–water partition coefficient (Wildman–Crippen LogP) is 3.89. The Morgan fingerprint density at radius 1 is 1.32 bits per heavy atom. The van der Waals surface area contributed by atoms with Crippen molar-refractivity contribution >= 4 is 6.09 Å². The molecule has 1 aromatic rings. The van der Waals surface area contributed by atoms with Crippen molar-refractivity contribution in [3.8, 4) is 0 Å². The van der Waals surface area contributed by atoms with Crippen LogP contribution in [0.3, 0.4) is 0 Å². The monoisotopic (exact) mass is 307 g/mol. The third-order valence-corrected chi connectivity index (χ3v) is 4.07. The van der Waals surface area contributed by atoms with Crippen LogP contribution in [0.15, 0.2) is 6.20 Å². The number of hydrogen-bond donors (Lipinski definition) is 0. The second-order valence-electron chi connectivity index (χ2n) is 7.50. The minimum atomic E-state index is -0.431. The van der Waals surface area contributed by atoms with Crippen LogP contribution in [0.25, 0.3) is 0 Å². The first-order chi connectivity index (χ1) is 10.2. The Hall–Kier alpha value is -1.52. The minimum Gasteiger partial charge on any atom is -0.444 e. The molecule has 0 aromatic carbocycles. The van der Waals surface area contributed by atoms with Crippen LogP contribution in [0, 0.1) is 6.92 Å². The van der Waals surface area contributed by atoms with Gasteiger partial charge >= 0.3 is 6.09 Å². The predicted molar refractivity (Wildman–Crippen MR) is 87.1 cm³/mol. The van der Waals surface area contributed by atoms with Crippen molar-refractivity contribution in [1.82, 2.24) is 14.7 Å². The minimum absolute atomic E-state index is 0.203. The molecule has 0 radical (unpaired) electrons. The van der Waals surface area contributed by atoms with Gasteiger partial charge in [0, 0.05) is 19.3 Å². The number of ether oxygens (including phenoxy) is 1. The van der Waals surface area contributed by atoms with E-state index in [0.29, 0.717) is 12.0 Å². The molecule has 1 aromatic heterocycles. The van der Waals surface area contributed by atoms with E-state index in [4.69, 9.17) is 4.74 Å². The van der Waals surface area contributed by atoms with Crippen LogP contribution < -0.4 is 0 Å². The standard InChI is InChI=1S/C17H29N3O2/c1-12(2)15-11-20(18-13(15)3)14-7-9-19(10-8-14)16(21)22-17(4,5)6/h11-12,14H,7-10H2,1-6H3. The van der Waals surface area contributed by atoms with E-state index in [9.17, 15) is 4.79 Å². The Morgan fingerprint density at radius 3 is 2.36 bits per heavy atom. The fraction of sp³-hybridized carbons (Fsp3) is 0.765. The number of amides is 1. The first-order valence-electron chi connectivity index (χ1n) is 8.21. The summed E-state index contributed by atoms with van der Waals surface area (Å²) in [5.41, 5.74) is 2.00. The van der Waals surface area contributed by atoms with Crippen molar-refractivity contribution in [1.29, 1.82) is 0 Å². The number of rotatable bonds is 2. The summed E-state index contributed by atoms with van der Waals surface area (Å²) in [6.45, 7) is 13.6. The van der Waals surface area contributed by atoms with E-state index in [2.05, 4.69) is 36.7 Å². The van der Waals surface area contributed by atoms with E-state index in [1.807, 2.05) is 25.7 Å². The lowest BCUT2D eigenvalue weighted by Crippen LogP contribution is -2.42. The zero-order valence-electron chi connectivity index (χ0n) is 14.7. The number of carbonyl (C=O) groups is 1. The summed E-state index contributed by atoms with van der Waals surface area (Å²) in [6, 6.07) is 0.380. The van der Waals surface area contributed by atoms with Crippen LogP contribution in [0.5, 0.6) is 0 Å². The largest absolute Gasteiger partial charge is 0.444 e. The second kappa shape index (κ2) is 6.31. The molecule has 124 valence electrons. The highest BCUT2D eigenvalue weighted by Gasteiger charge is 2.28. The molecule has 0 spiro atoms. The zero-order chi connectivity index (χ0) is 16.5. The summed E-state index contributed by atoms with van der Waals surface area (Å²) >= 11 is 0. The molecule has 5 nitrogen and oxygen atoms in total. The molecule has 5 heteroatoms. The molecule has 1 amide bonds. The molecular formula is C17H29N3O2. The smallest absolute Gasteiger partial charge is 0.410 e. The Labute approximate surface area is 133 Å². The number of likely N-dealkylation sites (tertiary alicyclic amines) is 1. The van der Waals surface area contributed by atoms with Gasteiger partial charge in [-0.25, -0.2) is 4.79 Å². The maximum absolute atomic E-state index is 12.1. The summed E-state index contributed by atoms with van der Waals surface area (Å²) in [5.74, 6) is 0.496. The van der Waals surface area contributed by atoms with Crippen LogP contribution in [-0.2, 0) is 4.74 Å². The highest BCUT2D eigenvalue weighted by molar-refractivity contribution is 5.68. The second-order valence-corrected chi connectivity index (χ2v) is 7.50. The van der Waals surface area contributed by atoms with Gasteiger partial charge in [-0.1, -0.05) is 13.8 Å². The summed E-state index contributed by atoms with van der Waals surface area (Å²) in [4.78, 5) is 13.9. The number of aromatic nitrogens is 2. The van der Waals surface area contributed by atoms with Crippen LogP contribution >= 0.6 is 0 Å². The molecule has 22 heavy (non-hydrogen) atoms. The van der Waals surface area contributed by atoms with Crippen molar-refractivity contribution in [2.75, 3.05) is 13.1 Å². The van der Waals surface area contributed by atoms with Gasteiger partial charge in [0.2, 0.25) is 0 Å². The van der Waals surface area contributed by atoms with E-state index in [-0.39, 0.29) is 6.09 Å². The number of nitrogens with zero attached hydrogens (tertiary/aromatic N) is 3. The maximum atomic E-state index is 12.1. The van der Waals surface area contributed by atoms with Crippen molar-refractivity contribution in [3.05, 3.63) is 17.5 Å². The van der Waals surface area contributed by atoms with Crippen molar-refractivity contribution in [2.45, 2.75) is 71.9 Å². The van der Waals surface area contributed by atoms with E-state index >= 15 is 0 Å². The highest BCUT2D eigenvalue weighted by atomic mass is 16.6. The molecule has 1 fully saturated rings. The third kappa shape index (κ3) is 4.02. The van der Waals surface area contributed by atoms with Gasteiger partial charge in [-0.3, -0.25) is 4.68 Å². The molecule has 2 rings (SSSR count). The van der Waals surface area contributed by atoms with Crippen molar-refractivity contribution < 1.29 is 9.53 Å². The van der Waals surface area contributed by atoms with Crippen LogP contribution in [0.4, 0.5) is 4.79 Å². The molecule has 0 atom stereocenters. The van der Waals surface area contributed by atoms with Crippen molar-refractivity contribution in [3.63, 3.8) is 0 Å². The first-order valence-corrected chi connectivity index (χ1v) is 8.21. The van der Waals surface area contributed by atoms with Crippen molar-refractivity contribution in [2.24, 2.45) is 0 Å². The van der Waals surface area contributed by atoms with Gasteiger partial charge in [0.1, 0.15) is 5.60 Å². The quantitative estimate of drug-likeness (QED) is 0.833. The van der Waals surface area contributed by atoms with Gasteiger partial charge in [0.25, 0.3) is 0 Å². The maximum Gasteiger partial charge on any atom is 0.410 e. The topological polar surface area (TPSA) is 47.4 Å². The Kier molecular flexibility index (Phi) is 4.83. The SMILES string of the molecule is Cc1nn(C2CCN(C(=O)OC(C)(C)C)CC2)cc1C(C)C. The molecule has 0 bridgehead atoms. The van der Waals surface area contributed by atoms with Crippen LogP contribution in [0.1, 0.15) is 70.7 Å². The summed E-state index contributed by atoms with van der Waals surface area (Å²) in [7, 11) is 0.